The number of methoxy groups -OCH3 is 1. The first kappa shape index (κ1) is 19.2. The molecule has 11 heteroatoms. The molecular formula is C15H15F3N4O4. The molecule has 2 rings (SSSR count). The summed E-state index contributed by atoms with van der Waals surface area (Å²) >= 11 is 0. The maximum Gasteiger partial charge on any atom is 0.435 e. The third-order valence-electron chi connectivity index (χ3n) is 3.61. The minimum absolute atomic E-state index is 0.0490. The maximum absolute atomic E-state index is 12.7. The molecule has 1 N–H and O–H groups in total. The minimum Gasteiger partial charge on any atom is -0.494 e. The lowest BCUT2D eigenvalue weighted by Crippen LogP contribution is -2.25. The number of aromatic nitrogens is 2. The van der Waals surface area contributed by atoms with E-state index in [4.69, 9.17) is 4.74 Å². The number of aryl methyl sites for hydroxylation is 1. The second-order valence-corrected chi connectivity index (χ2v) is 5.42. The fourth-order valence-corrected chi connectivity index (χ4v) is 2.26. The van der Waals surface area contributed by atoms with Crippen molar-refractivity contribution in [2.75, 3.05) is 12.4 Å². The number of nitro groups is 1. The smallest absolute Gasteiger partial charge is 0.435 e. The zero-order valence-corrected chi connectivity index (χ0v) is 14.0. The van der Waals surface area contributed by atoms with E-state index < -0.39 is 28.7 Å². The van der Waals surface area contributed by atoms with Crippen molar-refractivity contribution in [1.82, 2.24) is 9.78 Å². The van der Waals surface area contributed by atoms with Crippen LogP contribution in [0, 0.1) is 17.0 Å². The van der Waals surface area contributed by atoms with Gasteiger partial charge in [-0.3, -0.25) is 19.6 Å². The van der Waals surface area contributed by atoms with Crippen LogP contribution in [-0.4, -0.2) is 27.7 Å². The molecule has 1 unspecified atom stereocenters. The predicted molar refractivity (Wildman–Crippen MR) is 85.0 cm³/mol. The van der Waals surface area contributed by atoms with Crippen molar-refractivity contribution in [3.63, 3.8) is 0 Å². The molecular weight excluding hydrogens is 357 g/mol. The number of halogens is 3. The number of amides is 1. The Kier molecular flexibility index (Phi) is 5.19. The van der Waals surface area contributed by atoms with Crippen molar-refractivity contribution in [2.24, 2.45) is 0 Å². The molecule has 140 valence electrons. The van der Waals surface area contributed by atoms with Crippen molar-refractivity contribution in [1.29, 1.82) is 0 Å². The number of nitrogens with one attached hydrogen (secondary N) is 1. The van der Waals surface area contributed by atoms with E-state index in [0.717, 1.165) is 16.8 Å². The molecule has 0 bridgehead atoms. The fraction of sp³-hybridized carbons (Fsp3) is 0.333. The highest BCUT2D eigenvalue weighted by atomic mass is 19.4. The van der Waals surface area contributed by atoms with Gasteiger partial charge in [-0.2, -0.15) is 18.3 Å². The minimum atomic E-state index is -4.62. The van der Waals surface area contributed by atoms with E-state index in [1.54, 1.807) is 0 Å². The Labute approximate surface area is 145 Å². The van der Waals surface area contributed by atoms with Gasteiger partial charge in [0.25, 0.3) is 5.69 Å². The summed E-state index contributed by atoms with van der Waals surface area (Å²) in [6, 6.07) is 3.37. The maximum atomic E-state index is 12.7. The lowest BCUT2D eigenvalue weighted by Gasteiger charge is -2.16. The van der Waals surface area contributed by atoms with E-state index in [2.05, 4.69) is 10.4 Å². The number of carbonyl (C=O) groups is 1. The Balaban J connectivity index is 2.25. The first-order chi connectivity index (χ1) is 12.0. The van der Waals surface area contributed by atoms with Gasteiger partial charge in [-0.1, -0.05) is 0 Å². The Morgan fingerprint density at radius 1 is 1.38 bits per heavy atom. The molecule has 0 saturated carbocycles. The predicted octanol–water partition coefficient (Wildman–Crippen LogP) is 3.33. The second-order valence-electron chi connectivity index (χ2n) is 5.42. The first-order valence-electron chi connectivity index (χ1n) is 7.31. The lowest BCUT2D eigenvalue weighted by atomic mass is 10.2. The normalized spacial score (nSPS) is 12.5. The third-order valence-corrected chi connectivity index (χ3v) is 3.61. The highest BCUT2D eigenvalue weighted by Crippen LogP contribution is 2.31. The molecule has 0 spiro atoms. The number of benzene rings is 1. The number of carbonyl (C=O) groups excluding carboxylic acids is 1. The van der Waals surface area contributed by atoms with Crippen LogP contribution < -0.4 is 10.1 Å². The molecule has 8 nitrogen and oxygen atoms in total. The summed E-state index contributed by atoms with van der Waals surface area (Å²) in [7, 11) is 1.27. The average molecular weight is 372 g/mol. The molecule has 1 heterocycles. The van der Waals surface area contributed by atoms with Crippen LogP contribution in [0.15, 0.2) is 24.3 Å². The number of hydrogen-bond donors (Lipinski definition) is 1. The molecule has 1 atom stereocenters. The molecule has 2 aromatic rings. The van der Waals surface area contributed by atoms with Crippen LogP contribution in [0.1, 0.15) is 24.4 Å². The van der Waals surface area contributed by atoms with Crippen molar-refractivity contribution >= 4 is 17.3 Å². The summed E-state index contributed by atoms with van der Waals surface area (Å²) in [6.45, 7) is 2.78. The van der Waals surface area contributed by atoms with E-state index in [-0.39, 0.29) is 22.8 Å². The van der Waals surface area contributed by atoms with E-state index in [1.807, 2.05) is 0 Å². The summed E-state index contributed by atoms with van der Waals surface area (Å²) in [5.41, 5.74) is -1.01. The van der Waals surface area contributed by atoms with Gasteiger partial charge in [0.15, 0.2) is 5.69 Å². The van der Waals surface area contributed by atoms with Crippen LogP contribution in [0.4, 0.5) is 24.5 Å². The number of anilines is 1. The van der Waals surface area contributed by atoms with Gasteiger partial charge in [-0.05, 0) is 26.0 Å². The van der Waals surface area contributed by atoms with E-state index in [1.165, 1.54) is 33.1 Å². The number of non-ortho nitro benzene ring substituents is 1. The van der Waals surface area contributed by atoms with Crippen LogP contribution in [0.3, 0.4) is 0 Å². The van der Waals surface area contributed by atoms with Crippen molar-refractivity contribution in [3.05, 3.63) is 45.8 Å². The first-order valence-corrected chi connectivity index (χ1v) is 7.31. The molecule has 0 aliphatic carbocycles. The zero-order chi connectivity index (χ0) is 19.6. The summed E-state index contributed by atoms with van der Waals surface area (Å²) < 4.78 is 44.2. The number of rotatable bonds is 5. The monoisotopic (exact) mass is 372 g/mol. The van der Waals surface area contributed by atoms with E-state index in [9.17, 15) is 28.1 Å². The van der Waals surface area contributed by atoms with Crippen LogP contribution >= 0.6 is 0 Å². The van der Waals surface area contributed by atoms with Crippen LogP contribution in [-0.2, 0) is 11.0 Å². The Morgan fingerprint density at radius 2 is 2.04 bits per heavy atom. The van der Waals surface area contributed by atoms with Crippen molar-refractivity contribution < 1.29 is 27.6 Å². The van der Waals surface area contributed by atoms with Crippen molar-refractivity contribution in [3.8, 4) is 5.75 Å². The molecule has 0 aliphatic heterocycles. The summed E-state index contributed by atoms with van der Waals surface area (Å²) in [5, 5.41) is 16.7. The highest BCUT2D eigenvalue weighted by molar-refractivity contribution is 5.95. The number of alkyl halides is 3. The third kappa shape index (κ3) is 3.92. The van der Waals surface area contributed by atoms with Gasteiger partial charge in [-0.15, -0.1) is 0 Å². The van der Waals surface area contributed by atoms with Crippen LogP contribution in [0.25, 0.3) is 0 Å². The molecule has 0 aliphatic rings. The molecule has 1 aromatic heterocycles. The molecule has 0 saturated heterocycles. The van der Waals surface area contributed by atoms with Crippen LogP contribution in [0.5, 0.6) is 5.75 Å². The van der Waals surface area contributed by atoms with Crippen LogP contribution in [0.2, 0.25) is 0 Å². The van der Waals surface area contributed by atoms with Gasteiger partial charge in [0, 0.05) is 11.8 Å². The number of nitrogens with zero attached hydrogens (tertiary/aromatic N) is 3. The molecule has 1 aromatic carbocycles. The fourth-order valence-electron chi connectivity index (χ4n) is 2.26. The van der Waals surface area contributed by atoms with Gasteiger partial charge >= 0.3 is 6.18 Å². The molecule has 0 fully saturated rings. The van der Waals surface area contributed by atoms with E-state index >= 15 is 0 Å². The van der Waals surface area contributed by atoms with Gasteiger partial charge < -0.3 is 10.1 Å². The Bertz CT molecular complexity index is 848. The van der Waals surface area contributed by atoms with Gasteiger partial charge in [-0.25, -0.2) is 0 Å². The summed E-state index contributed by atoms with van der Waals surface area (Å²) in [5.74, 6) is -0.606. The average Bonchev–Trinajstić information content (AvgIpc) is 2.96. The Morgan fingerprint density at radius 3 is 2.54 bits per heavy atom. The highest BCUT2D eigenvalue weighted by Gasteiger charge is 2.35. The number of hydrogen-bond acceptors (Lipinski definition) is 5. The SMILES string of the molecule is COc1cc([N+](=O)[O-])ccc1NC(=O)C(C)n1nc(C(F)(F)F)cc1C. The summed E-state index contributed by atoms with van der Waals surface area (Å²) in [6.07, 6.45) is -4.62. The zero-order valence-electron chi connectivity index (χ0n) is 14.0. The lowest BCUT2D eigenvalue weighted by molar-refractivity contribution is -0.384. The van der Waals surface area contributed by atoms with Crippen molar-refractivity contribution in [2.45, 2.75) is 26.1 Å². The molecule has 0 radical (unpaired) electrons. The topological polar surface area (TPSA) is 99.3 Å². The second kappa shape index (κ2) is 7.02. The quantitative estimate of drug-likeness (QED) is 0.641. The van der Waals surface area contributed by atoms with Gasteiger partial charge in [0.1, 0.15) is 11.8 Å². The molecule has 1 amide bonds. The van der Waals surface area contributed by atoms with Gasteiger partial charge in [0.05, 0.1) is 23.8 Å². The summed E-state index contributed by atoms with van der Waals surface area (Å²) in [4.78, 5) is 22.5. The molecule has 26 heavy (non-hydrogen) atoms. The standard InChI is InChI=1S/C15H15F3N4O4/c1-8-6-13(15(16,17)18)20-21(8)9(2)14(23)19-11-5-4-10(22(24)25)7-12(11)26-3/h4-7,9H,1-3H3,(H,19,23). The number of ether oxygens (including phenoxy) is 1. The van der Waals surface area contributed by atoms with E-state index in [0.29, 0.717) is 0 Å². The largest absolute Gasteiger partial charge is 0.494 e. The van der Waals surface area contributed by atoms with Gasteiger partial charge in [0.2, 0.25) is 5.91 Å². The Hall–Kier alpha value is -3.11. The number of nitro benzene ring substituents is 1.